The van der Waals surface area contributed by atoms with Crippen LogP contribution < -0.4 is 10.9 Å². The number of aromatic hydroxyl groups is 1. The normalized spacial score (nSPS) is 10.2. The smallest absolute Gasteiger partial charge is 0.242 e. The van der Waals surface area contributed by atoms with Crippen LogP contribution in [0.4, 0.5) is 0 Å². The maximum Gasteiger partial charge on any atom is 0.242 e. The first-order valence-corrected chi connectivity index (χ1v) is 7.92. The lowest BCUT2D eigenvalue weighted by atomic mass is 10.1. The first-order chi connectivity index (χ1) is 11.4. The second kappa shape index (κ2) is 8.36. The van der Waals surface area contributed by atoms with Gasteiger partial charge in [0.05, 0.1) is 6.42 Å². The summed E-state index contributed by atoms with van der Waals surface area (Å²) >= 11 is 6.02. The zero-order chi connectivity index (χ0) is 17.5. The van der Waals surface area contributed by atoms with E-state index >= 15 is 0 Å². The summed E-state index contributed by atoms with van der Waals surface area (Å²) in [6, 6.07) is 12.1. The van der Waals surface area contributed by atoms with E-state index in [2.05, 4.69) is 10.9 Å². The zero-order valence-corrected chi connectivity index (χ0v) is 14.1. The molecule has 0 fully saturated rings. The van der Waals surface area contributed by atoms with Crippen molar-refractivity contribution < 1.29 is 14.7 Å². The van der Waals surface area contributed by atoms with E-state index in [9.17, 15) is 14.7 Å². The standard InChI is InChI=1S/C18H19ClN2O3/c1-12-2-3-14(10-16(12)19)11-18(24)21-20-17(23)9-6-13-4-7-15(22)8-5-13/h2-5,7-8,10,22H,6,9,11H2,1H3,(H,20,23)(H,21,24). The van der Waals surface area contributed by atoms with Gasteiger partial charge < -0.3 is 5.11 Å². The number of rotatable bonds is 5. The number of aryl methyl sites for hydroxylation is 2. The van der Waals surface area contributed by atoms with Crippen molar-refractivity contribution in [1.29, 1.82) is 0 Å². The zero-order valence-electron chi connectivity index (χ0n) is 13.3. The molecule has 0 bridgehead atoms. The third-order valence-corrected chi connectivity index (χ3v) is 3.93. The highest BCUT2D eigenvalue weighted by Gasteiger charge is 2.07. The quantitative estimate of drug-likeness (QED) is 0.728. The van der Waals surface area contributed by atoms with Crippen LogP contribution in [0.25, 0.3) is 0 Å². The number of carbonyl (C=O) groups excluding carboxylic acids is 2. The summed E-state index contributed by atoms with van der Waals surface area (Å²) in [5.41, 5.74) is 7.44. The van der Waals surface area contributed by atoms with E-state index in [-0.39, 0.29) is 30.4 Å². The van der Waals surface area contributed by atoms with E-state index in [0.717, 1.165) is 16.7 Å². The summed E-state index contributed by atoms with van der Waals surface area (Å²) in [4.78, 5) is 23.6. The number of benzene rings is 2. The lowest BCUT2D eigenvalue weighted by molar-refractivity contribution is -0.128. The topological polar surface area (TPSA) is 78.4 Å². The second-order valence-corrected chi connectivity index (χ2v) is 5.93. The van der Waals surface area contributed by atoms with Gasteiger partial charge in [0.2, 0.25) is 11.8 Å². The van der Waals surface area contributed by atoms with Crippen molar-refractivity contribution >= 4 is 23.4 Å². The third kappa shape index (κ3) is 5.59. The van der Waals surface area contributed by atoms with Gasteiger partial charge >= 0.3 is 0 Å². The van der Waals surface area contributed by atoms with Crippen molar-refractivity contribution in [3.63, 3.8) is 0 Å². The number of carbonyl (C=O) groups is 2. The molecule has 2 rings (SSSR count). The highest BCUT2D eigenvalue weighted by molar-refractivity contribution is 6.31. The van der Waals surface area contributed by atoms with E-state index in [1.165, 1.54) is 0 Å². The number of hydrogen-bond donors (Lipinski definition) is 3. The SMILES string of the molecule is Cc1ccc(CC(=O)NNC(=O)CCc2ccc(O)cc2)cc1Cl. The van der Waals surface area contributed by atoms with Gasteiger partial charge in [0.25, 0.3) is 0 Å². The van der Waals surface area contributed by atoms with Crippen molar-refractivity contribution in [2.24, 2.45) is 0 Å². The van der Waals surface area contributed by atoms with Gasteiger partial charge in [-0.1, -0.05) is 35.9 Å². The van der Waals surface area contributed by atoms with E-state index in [1.807, 2.05) is 19.1 Å². The van der Waals surface area contributed by atoms with Gasteiger partial charge in [0, 0.05) is 11.4 Å². The molecule has 0 saturated carbocycles. The molecule has 0 aliphatic rings. The number of hydrazine groups is 1. The van der Waals surface area contributed by atoms with Crippen LogP contribution in [-0.4, -0.2) is 16.9 Å². The largest absolute Gasteiger partial charge is 0.508 e. The third-order valence-electron chi connectivity index (χ3n) is 3.52. The first kappa shape index (κ1) is 17.8. The Kier molecular flexibility index (Phi) is 6.21. The Morgan fingerprint density at radius 3 is 2.29 bits per heavy atom. The molecule has 0 aliphatic heterocycles. The van der Waals surface area contributed by atoms with E-state index < -0.39 is 0 Å². The average Bonchev–Trinajstić information content (AvgIpc) is 2.56. The lowest BCUT2D eigenvalue weighted by Gasteiger charge is -2.08. The number of nitrogens with one attached hydrogen (secondary N) is 2. The molecule has 0 spiro atoms. The highest BCUT2D eigenvalue weighted by Crippen LogP contribution is 2.16. The highest BCUT2D eigenvalue weighted by atomic mass is 35.5. The molecule has 2 amide bonds. The van der Waals surface area contributed by atoms with E-state index in [4.69, 9.17) is 11.6 Å². The van der Waals surface area contributed by atoms with E-state index in [0.29, 0.717) is 11.4 Å². The van der Waals surface area contributed by atoms with Crippen LogP contribution in [0.2, 0.25) is 5.02 Å². The van der Waals surface area contributed by atoms with Crippen LogP contribution >= 0.6 is 11.6 Å². The molecule has 0 atom stereocenters. The summed E-state index contributed by atoms with van der Waals surface area (Å²) < 4.78 is 0. The summed E-state index contributed by atoms with van der Waals surface area (Å²) in [5, 5.41) is 9.81. The molecule has 6 heteroatoms. The fourth-order valence-corrected chi connectivity index (χ4v) is 2.30. The Morgan fingerprint density at radius 2 is 1.62 bits per heavy atom. The van der Waals surface area contributed by atoms with Crippen molar-refractivity contribution in [3.8, 4) is 5.75 Å². The Hall–Kier alpha value is -2.53. The first-order valence-electron chi connectivity index (χ1n) is 7.54. The van der Waals surface area contributed by atoms with Gasteiger partial charge in [-0.2, -0.15) is 0 Å². The van der Waals surface area contributed by atoms with Gasteiger partial charge in [-0.3, -0.25) is 20.4 Å². The van der Waals surface area contributed by atoms with Crippen molar-refractivity contribution in [3.05, 3.63) is 64.2 Å². The Balaban J connectivity index is 1.73. The molecule has 2 aromatic rings. The average molecular weight is 347 g/mol. The molecular weight excluding hydrogens is 328 g/mol. The van der Waals surface area contributed by atoms with Crippen LogP contribution in [0.1, 0.15) is 23.1 Å². The monoisotopic (exact) mass is 346 g/mol. The van der Waals surface area contributed by atoms with Gasteiger partial charge in [-0.05, 0) is 48.2 Å². The molecule has 0 heterocycles. The Morgan fingerprint density at radius 1 is 1.00 bits per heavy atom. The molecule has 3 N–H and O–H groups in total. The minimum absolute atomic E-state index is 0.137. The predicted octanol–water partition coefficient (Wildman–Crippen LogP) is 2.68. The fraction of sp³-hybridized carbons (Fsp3) is 0.222. The van der Waals surface area contributed by atoms with Crippen molar-refractivity contribution in [2.75, 3.05) is 0 Å². The maximum absolute atomic E-state index is 11.8. The van der Waals surface area contributed by atoms with Crippen molar-refractivity contribution in [1.82, 2.24) is 10.9 Å². The van der Waals surface area contributed by atoms with Crippen LogP contribution in [-0.2, 0) is 22.4 Å². The molecule has 0 radical (unpaired) electrons. The van der Waals surface area contributed by atoms with Gasteiger partial charge in [-0.25, -0.2) is 0 Å². The van der Waals surface area contributed by atoms with E-state index in [1.54, 1.807) is 30.3 Å². The lowest BCUT2D eigenvalue weighted by Crippen LogP contribution is -2.42. The van der Waals surface area contributed by atoms with Gasteiger partial charge in [0.15, 0.2) is 0 Å². The molecule has 0 saturated heterocycles. The summed E-state index contributed by atoms with van der Waals surface area (Å²) in [7, 11) is 0. The van der Waals surface area contributed by atoms with Crippen LogP contribution in [0.15, 0.2) is 42.5 Å². The molecule has 24 heavy (non-hydrogen) atoms. The fourth-order valence-electron chi connectivity index (χ4n) is 2.10. The number of phenols is 1. The maximum atomic E-state index is 11.8. The number of halogens is 1. The minimum atomic E-state index is -0.312. The number of amides is 2. The molecule has 0 unspecified atom stereocenters. The molecule has 0 aromatic heterocycles. The molecule has 2 aromatic carbocycles. The minimum Gasteiger partial charge on any atom is -0.508 e. The molecular formula is C18H19ClN2O3. The number of phenolic OH excluding ortho intramolecular Hbond substituents is 1. The van der Waals surface area contributed by atoms with Crippen molar-refractivity contribution in [2.45, 2.75) is 26.2 Å². The molecule has 0 aliphatic carbocycles. The van der Waals surface area contributed by atoms with Gasteiger partial charge in [0.1, 0.15) is 5.75 Å². The van der Waals surface area contributed by atoms with Crippen LogP contribution in [0.5, 0.6) is 5.75 Å². The summed E-state index contributed by atoms with van der Waals surface area (Å²) in [6.07, 6.45) is 0.898. The van der Waals surface area contributed by atoms with Crippen LogP contribution in [0.3, 0.4) is 0 Å². The summed E-state index contributed by atoms with van der Waals surface area (Å²) in [6.45, 7) is 1.89. The Labute approximate surface area is 145 Å². The molecule has 5 nitrogen and oxygen atoms in total. The number of hydrogen-bond acceptors (Lipinski definition) is 3. The van der Waals surface area contributed by atoms with Crippen LogP contribution in [0, 0.1) is 6.92 Å². The molecule has 126 valence electrons. The predicted molar refractivity (Wildman–Crippen MR) is 92.6 cm³/mol. The summed E-state index contributed by atoms with van der Waals surface area (Å²) in [5.74, 6) is -0.405. The Bertz CT molecular complexity index is 730. The van der Waals surface area contributed by atoms with Gasteiger partial charge in [-0.15, -0.1) is 0 Å². The second-order valence-electron chi connectivity index (χ2n) is 5.52.